The molecule has 1 fully saturated rings. The van der Waals surface area contributed by atoms with Crippen molar-refractivity contribution in [1.29, 1.82) is 0 Å². The average Bonchev–Trinajstić information content (AvgIpc) is 3.27. The van der Waals surface area contributed by atoms with Crippen LogP contribution in [0.25, 0.3) is 11.1 Å². The molecule has 0 aliphatic carbocycles. The second-order valence-corrected chi connectivity index (χ2v) is 10.1. The molecule has 0 saturated carbocycles. The molecule has 0 radical (unpaired) electrons. The van der Waals surface area contributed by atoms with E-state index in [2.05, 4.69) is 28.8 Å². The van der Waals surface area contributed by atoms with Gasteiger partial charge in [0.05, 0.1) is 30.3 Å². The number of hydrogen-bond acceptors (Lipinski definition) is 6. The van der Waals surface area contributed by atoms with Gasteiger partial charge in [0.1, 0.15) is 10.6 Å². The van der Waals surface area contributed by atoms with E-state index < -0.39 is 10.0 Å². The standard InChI is InChI=1S/C23H26ClN3O4S/c1-15-12-27(13-16(2)25-15)19-5-6-22(30-3)21(11-19)26-32(28,29)23-7-4-17(10-20(23)24)18-8-9-31-14-18/h4-11,14-16,25-26H,12-13H2,1-3H3. The summed E-state index contributed by atoms with van der Waals surface area (Å²) in [6, 6.07) is 12.7. The van der Waals surface area contributed by atoms with Gasteiger partial charge in [0, 0.05) is 36.4 Å². The Kier molecular flexibility index (Phi) is 6.37. The SMILES string of the molecule is COc1ccc(N2CC(C)NC(C)C2)cc1NS(=O)(=O)c1ccc(-c2ccoc2)cc1Cl. The number of benzene rings is 2. The lowest BCUT2D eigenvalue weighted by Gasteiger charge is -2.38. The number of ether oxygens (including phenoxy) is 1. The number of nitrogens with one attached hydrogen (secondary N) is 2. The van der Waals surface area contributed by atoms with Crippen LogP contribution < -0.4 is 19.7 Å². The lowest BCUT2D eigenvalue weighted by Crippen LogP contribution is -2.54. The van der Waals surface area contributed by atoms with Crippen LogP contribution >= 0.6 is 11.6 Å². The van der Waals surface area contributed by atoms with Crippen molar-refractivity contribution in [2.45, 2.75) is 30.8 Å². The van der Waals surface area contributed by atoms with E-state index in [0.29, 0.717) is 23.5 Å². The van der Waals surface area contributed by atoms with Crippen molar-refractivity contribution < 1.29 is 17.6 Å². The zero-order valence-electron chi connectivity index (χ0n) is 18.1. The maximum Gasteiger partial charge on any atom is 0.263 e. The highest BCUT2D eigenvalue weighted by atomic mass is 35.5. The Balaban J connectivity index is 1.64. The molecular formula is C23H26ClN3O4S. The summed E-state index contributed by atoms with van der Waals surface area (Å²) in [4.78, 5) is 2.22. The van der Waals surface area contributed by atoms with E-state index in [1.54, 1.807) is 42.9 Å². The van der Waals surface area contributed by atoms with E-state index in [9.17, 15) is 8.42 Å². The predicted molar refractivity (Wildman–Crippen MR) is 127 cm³/mol. The Morgan fingerprint density at radius 1 is 1.09 bits per heavy atom. The summed E-state index contributed by atoms with van der Waals surface area (Å²) in [5.41, 5.74) is 2.87. The summed E-state index contributed by atoms with van der Waals surface area (Å²) in [7, 11) is -2.44. The van der Waals surface area contributed by atoms with E-state index in [4.69, 9.17) is 20.8 Å². The minimum atomic E-state index is -3.95. The number of piperazine rings is 1. The predicted octanol–water partition coefficient (Wildman–Crippen LogP) is 4.60. The molecule has 2 N–H and O–H groups in total. The molecule has 1 aliphatic rings. The molecule has 2 heterocycles. The normalized spacial score (nSPS) is 19.1. The quantitative estimate of drug-likeness (QED) is 0.542. The van der Waals surface area contributed by atoms with Crippen molar-refractivity contribution in [3.8, 4) is 16.9 Å². The van der Waals surface area contributed by atoms with Crippen molar-refractivity contribution in [3.05, 3.63) is 60.0 Å². The van der Waals surface area contributed by atoms with E-state index in [-0.39, 0.29) is 9.92 Å². The molecule has 3 aromatic rings. The topological polar surface area (TPSA) is 83.8 Å². The van der Waals surface area contributed by atoms with Gasteiger partial charge in [-0.15, -0.1) is 0 Å². The lowest BCUT2D eigenvalue weighted by molar-refractivity contribution is 0.406. The first-order valence-corrected chi connectivity index (χ1v) is 12.2. The first-order valence-electron chi connectivity index (χ1n) is 10.3. The highest BCUT2D eigenvalue weighted by molar-refractivity contribution is 7.92. The summed E-state index contributed by atoms with van der Waals surface area (Å²) in [6.07, 6.45) is 3.13. The van der Waals surface area contributed by atoms with E-state index >= 15 is 0 Å². The highest BCUT2D eigenvalue weighted by Crippen LogP contribution is 2.34. The minimum Gasteiger partial charge on any atom is -0.495 e. The first-order chi connectivity index (χ1) is 15.3. The molecule has 1 saturated heterocycles. The second-order valence-electron chi connectivity index (χ2n) is 8.02. The molecule has 170 valence electrons. The first kappa shape index (κ1) is 22.5. The van der Waals surface area contributed by atoms with Gasteiger partial charge >= 0.3 is 0 Å². The summed E-state index contributed by atoms with van der Waals surface area (Å²) >= 11 is 6.36. The van der Waals surface area contributed by atoms with E-state index in [1.807, 2.05) is 6.07 Å². The number of halogens is 1. The van der Waals surface area contributed by atoms with Crippen molar-refractivity contribution in [3.63, 3.8) is 0 Å². The van der Waals surface area contributed by atoms with Crippen LogP contribution in [0.4, 0.5) is 11.4 Å². The highest BCUT2D eigenvalue weighted by Gasteiger charge is 2.24. The molecule has 1 aromatic heterocycles. The van der Waals surface area contributed by atoms with Gasteiger partial charge in [0.2, 0.25) is 0 Å². The summed E-state index contributed by atoms with van der Waals surface area (Å²) < 4.78 is 39.5. The van der Waals surface area contributed by atoms with Crippen LogP contribution in [0, 0.1) is 0 Å². The van der Waals surface area contributed by atoms with Crippen LogP contribution in [-0.2, 0) is 10.0 Å². The largest absolute Gasteiger partial charge is 0.495 e. The fraction of sp³-hybridized carbons (Fsp3) is 0.304. The van der Waals surface area contributed by atoms with E-state index in [1.165, 1.54) is 13.2 Å². The van der Waals surface area contributed by atoms with Gasteiger partial charge in [-0.3, -0.25) is 4.72 Å². The fourth-order valence-corrected chi connectivity index (χ4v) is 5.64. The zero-order valence-corrected chi connectivity index (χ0v) is 19.7. The lowest BCUT2D eigenvalue weighted by atomic mass is 10.1. The van der Waals surface area contributed by atoms with Gasteiger partial charge in [0.15, 0.2) is 0 Å². The Morgan fingerprint density at radius 3 is 2.47 bits per heavy atom. The van der Waals surface area contributed by atoms with Crippen LogP contribution in [0.5, 0.6) is 5.75 Å². The van der Waals surface area contributed by atoms with Crippen LogP contribution in [-0.4, -0.2) is 40.7 Å². The molecule has 2 aromatic carbocycles. The molecule has 32 heavy (non-hydrogen) atoms. The summed E-state index contributed by atoms with van der Waals surface area (Å²) in [5, 5.41) is 3.62. The van der Waals surface area contributed by atoms with Gasteiger partial charge in [-0.25, -0.2) is 8.42 Å². The molecule has 1 aliphatic heterocycles. The maximum absolute atomic E-state index is 13.2. The Hall–Kier alpha value is -2.68. The molecule has 7 nitrogen and oxygen atoms in total. The van der Waals surface area contributed by atoms with Gasteiger partial charge in [-0.05, 0) is 55.8 Å². The Morgan fingerprint density at radius 2 is 1.84 bits per heavy atom. The molecule has 2 atom stereocenters. The monoisotopic (exact) mass is 475 g/mol. The number of furan rings is 1. The summed E-state index contributed by atoms with van der Waals surface area (Å²) in [5.74, 6) is 0.430. The smallest absolute Gasteiger partial charge is 0.263 e. The molecule has 2 unspecified atom stereocenters. The molecule has 0 spiro atoms. The maximum atomic E-state index is 13.2. The van der Waals surface area contributed by atoms with Crippen molar-refractivity contribution in [2.75, 3.05) is 29.8 Å². The third-order valence-electron chi connectivity index (χ3n) is 5.43. The van der Waals surface area contributed by atoms with Gasteiger partial charge in [-0.1, -0.05) is 17.7 Å². The number of methoxy groups -OCH3 is 1. The Labute approximate surface area is 193 Å². The second kappa shape index (κ2) is 9.05. The molecular weight excluding hydrogens is 450 g/mol. The number of anilines is 2. The van der Waals surface area contributed by atoms with Crippen LogP contribution in [0.15, 0.2) is 64.3 Å². The number of sulfonamides is 1. The average molecular weight is 476 g/mol. The summed E-state index contributed by atoms with van der Waals surface area (Å²) in [6.45, 7) is 5.91. The molecule has 0 bridgehead atoms. The zero-order chi connectivity index (χ0) is 22.9. The molecule has 9 heteroatoms. The van der Waals surface area contributed by atoms with E-state index in [0.717, 1.165) is 29.9 Å². The Bertz CT molecular complexity index is 1190. The number of rotatable bonds is 6. The van der Waals surface area contributed by atoms with Gasteiger partial charge in [-0.2, -0.15) is 0 Å². The number of nitrogens with zero attached hydrogens (tertiary/aromatic N) is 1. The van der Waals surface area contributed by atoms with Gasteiger partial charge in [0.25, 0.3) is 10.0 Å². The van der Waals surface area contributed by atoms with Gasteiger partial charge < -0.3 is 19.4 Å². The fourth-order valence-electron chi connectivity index (χ4n) is 4.04. The minimum absolute atomic E-state index is 0.0108. The van der Waals surface area contributed by atoms with Crippen LogP contribution in [0.2, 0.25) is 5.02 Å². The molecule has 4 rings (SSSR count). The van der Waals surface area contributed by atoms with Crippen LogP contribution in [0.1, 0.15) is 13.8 Å². The van der Waals surface area contributed by atoms with Crippen LogP contribution in [0.3, 0.4) is 0 Å². The third-order valence-corrected chi connectivity index (χ3v) is 7.27. The third kappa shape index (κ3) is 4.72. The molecule has 0 amide bonds. The van der Waals surface area contributed by atoms with Crippen molar-refractivity contribution in [1.82, 2.24) is 5.32 Å². The number of hydrogen-bond donors (Lipinski definition) is 2. The van der Waals surface area contributed by atoms with Crippen molar-refractivity contribution >= 4 is 33.0 Å². The van der Waals surface area contributed by atoms with Crippen molar-refractivity contribution in [2.24, 2.45) is 0 Å².